The van der Waals surface area contributed by atoms with Crippen molar-refractivity contribution in [2.24, 2.45) is 0 Å². The molecule has 2 aromatic heterocycles. The van der Waals surface area contributed by atoms with Gasteiger partial charge in [0, 0.05) is 24.9 Å². The van der Waals surface area contributed by atoms with Gasteiger partial charge in [-0.3, -0.25) is 9.78 Å². The molecular weight excluding hydrogens is 324 g/mol. The molecule has 1 atom stereocenters. The lowest BCUT2D eigenvalue weighted by atomic mass is 9.96. The van der Waals surface area contributed by atoms with Crippen LogP contribution in [-0.2, 0) is 12.8 Å². The quantitative estimate of drug-likeness (QED) is 0.833. The van der Waals surface area contributed by atoms with E-state index in [0.717, 1.165) is 43.4 Å². The van der Waals surface area contributed by atoms with E-state index in [1.807, 2.05) is 0 Å². The smallest absolute Gasteiger partial charge is 0.276 e. The molecule has 1 saturated heterocycles. The van der Waals surface area contributed by atoms with Crippen LogP contribution in [0.4, 0.5) is 0 Å². The number of amides is 1. The standard InChI is InChI=1S/C17H20N4O4/c1-23-14-8-18-9-15(19-14)24-11-6-7-21(10-11)17(22)16-12-4-2-3-5-13(12)25-20-16/h8-9,11H,2-7,10H2,1H3. The number of aryl methyl sites for hydroxylation is 1. The first-order valence-electron chi connectivity index (χ1n) is 8.54. The molecule has 1 fully saturated rings. The van der Waals surface area contributed by atoms with Gasteiger partial charge in [0.05, 0.1) is 26.0 Å². The van der Waals surface area contributed by atoms with Crippen LogP contribution in [0.25, 0.3) is 0 Å². The topological polar surface area (TPSA) is 90.6 Å². The van der Waals surface area contributed by atoms with E-state index in [1.165, 1.54) is 13.3 Å². The molecule has 8 nitrogen and oxygen atoms in total. The summed E-state index contributed by atoms with van der Waals surface area (Å²) in [5.74, 6) is 1.60. The van der Waals surface area contributed by atoms with Crippen LogP contribution < -0.4 is 9.47 Å². The Morgan fingerprint density at radius 2 is 2.12 bits per heavy atom. The summed E-state index contributed by atoms with van der Waals surface area (Å²) in [6.45, 7) is 1.13. The van der Waals surface area contributed by atoms with E-state index in [4.69, 9.17) is 14.0 Å². The number of methoxy groups -OCH3 is 1. The molecular formula is C17H20N4O4. The number of fused-ring (bicyclic) bond motifs is 1. The van der Waals surface area contributed by atoms with Gasteiger partial charge in [-0.1, -0.05) is 5.16 Å². The summed E-state index contributed by atoms with van der Waals surface area (Å²) in [4.78, 5) is 22.8. The van der Waals surface area contributed by atoms with Gasteiger partial charge in [-0.2, -0.15) is 4.98 Å². The Morgan fingerprint density at radius 1 is 1.28 bits per heavy atom. The second-order valence-corrected chi connectivity index (χ2v) is 6.32. The number of likely N-dealkylation sites (tertiary alicyclic amines) is 1. The molecule has 0 spiro atoms. The Kier molecular flexibility index (Phi) is 4.25. The molecule has 0 aromatic carbocycles. The number of aromatic nitrogens is 3. The highest BCUT2D eigenvalue weighted by molar-refractivity contribution is 5.94. The second kappa shape index (κ2) is 6.70. The van der Waals surface area contributed by atoms with Crippen LogP contribution in [0.3, 0.4) is 0 Å². The average molecular weight is 344 g/mol. The van der Waals surface area contributed by atoms with Gasteiger partial charge >= 0.3 is 0 Å². The van der Waals surface area contributed by atoms with Gasteiger partial charge in [0.2, 0.25) is 11.8 Å². The minimum absolute atomic E-state index is 0.0743. The van der Waals surface area contributed by atoms with E-state index >= 15 is 0 Å². The molecule has 1 aliphatic carbocycles. The molecule has 2 aromatic rings. The minimum atomic E-state index is -0.118. The van der Waals surface area contributed by atoms with Gasteiger partial charge < -0.3 is 18.9 Å². The highest BCUT2D eigenvalue weighted by atomic mass is 16.5. The van der Waals surface area contributed by atoms with Gasteiger partial charge in [-0.25, -0.2) is 0 Å². The number of ether oxygens (including phenoxy) is 2. The van der Waals surface area contributed by atoms with Crippen LogP contribution in [0.5, 0.6) is 11.8 Å². The summed E-state index contributed by atoms with van der Waals surface area (Å²) in [7, 11) is 1.53. The third kappa shape index (κ3) is 3.16. The largest absolute Gasteiger partial charge is 0.480 e. The zero-order chi connectivity index (χ0) is 17.2. The Morgan fingerprint density at radius 3 is 3.00 bits per heavy atom. The molecule has 1 aliphatic heterocycles. The third-order valence-corrected chi connectivity index (χ3v) is 4.67. The first kappa shape index (κ1) is 15.9. The minimum Gasteiger partial charge on any atom is -0.480 e. The van der Waals surface area contributed by atoms with Crippen molar-refractivity contribution in [3.8, 4) is 11.8 Å². The monoisotopic (exact) mass is 344 g/mol. The predicted octanol–water partition coefficient (Wildman–Crippen LogP) is 1.65. The van der Waals surface area contributed by atoms with Gasteiger partial charge in [0.1, 0.15) is 11.9 Å². The number of nitrogens with zero attached hydrogens (tertiary/aromatic N) is 4. The van der Waals surface area contributed by atoms with E-state index in [2.05, 4.69) is 15.1 Å². The lowest BCUT2D eigenvalue weighted by molar-refractivity contribution is 0.0759. The van der Waals surface area contributed by atoms with E-state index in [-0.39, 0.29) is 12.0 Å². The Hall–Kier alpha value is -2.64. The first-order chi connectivity index (χ1) is 12.2. The number of hydrogen-bond donors (Lipinski definition) is 0. The molecule has 8 heteroatoms. The summed E-state index contributed by atoms with van der Waals surface area (Å²) in [6, 6.07) is 0. The zero-order valence-corrected chi connectivity index (χ0v) is 14.1. The fourth-order valence-electron chi connectivity index (χ4n) is 3.37. The van der Waals surface area contributed by atoms with Crippen molar-refractivity contribution in [2.45, 2.75) is 38.2 Å². The van der Waals surface area contributed by atoms with E-state index < -0.39 is 0 Å². The predicted molar refractivity (Wildman–Crippen MR) is 86.7 cm³/mol. The Balaban J connectivity index is 1.42. The molecule has 132 valence electrons. The van der Waals surface area contributed by atoms with Gasteiger partial charge in [0.15, 0.2) is 5.69 Å². The van der Waals surface area contributed by atoms with Crippen molar-refractivity contribution in [3.05, 3.63) is 29.4 Å². The summed E-state index contributed by atoms with van der Waals surface area (Å²) >= 11 is 0. The molecule has 3 heterocycles. The van der Waals surface area contributed by atoms with Crippen molar-refractivity contribution in [1.29, 1.82) is 0 Å². The van der Waals surface area contributed by atoms with Crippen LogP contribution in [-0.4, -0.2) is 52.2 Å². The number of carbonyl (C=O) groups excluding carboxylic acids is 1. The Labute approximate surface area is 145 Å². The van der Waals surface area contributed by atoms with Crippen molar-refractivity contribution in [2.75, 3.05) is 20.2 Å². The lowest BCUT2D eigenvalue weighted by Crippen LogP contribution is -2.32. The molecule has 2 aliphatic rings. The molecule has 1 unspecified atom stereocenters. The van der Waals surface area contributed by atoms with E-state index in [1.54, 1.807) is 11.1 Å². The lowest BCUT2D eigenvalue weighted by Gasteiger charge is -2.17. The maximum atomic E-state index is 12.8. The summed E-state index contributed by atoms with van der Waals surface area (Å²) < 4.78 is 16.2. The van der Waals surface area contributed by atoms with Crippen LogP contribution in [0.2, 0.25) is 0 Å². The molecule has 25 heavy (non-hydrogen) atoms. The third-order valence-electron chi connectivity index (χ3n) is 4.67. The molecule has 1 amide bonds. The molecule has 0 radical (unpaired) electrons. The number of rotatable bonds is 4. The molecule has 0 saturated carbocycles. The van der Waals surface area contributed by atoms with Crippen molar-refractivity contribution >= 4 is 5.91 Å². The maximum absolute atomic E-state index is 12.8. The summed E-state index contributed by atoms with van der Waals surface area (Å²) in [6.07, 6.45) is 7.60. The zero-order valence-electron chi connectivity index (χ0n) is 14.1. The fourth-order valence-corrected chi connectivity index (χ4v) is 3.37. The second-order valence-electron chi connectivity index (χ2n) is 6.32. The maximum Gasteiger partial charge on any atom is 0.276 e. The SMILES string of the molecule is COc1cncc(OC2CCN(C(=O)c3noc4c3CCCC4)C2)n1. The van der Waals surface area contributed by atoms with Crippen molar-refractivity contribution < 1.29 is 18.8 Å². The summed E-state index contributed by atoms with van der Waals surface area (Å²) in [5.41, 5.74) is 1.45. The molecule has 0 bridgehead atoms. The Bertz CT molecular complexity index is 776. The van der Waals surface area contributed by atoms with E-state index in [9.17, 15) is 4.79 Å². The van der Waals surface area contributed by atoms with Crippen LogP contribution in [0.15, 0.2) is 16.9 Å². The number of carbonyl (C=O) groups is 1. The normalized spacial score (nSPS) is 19.6. The summed E-state index contributed by atoms with van der Waals surface area (Å²) in [5, 5.41) is 4.03. The number of hydrogen-bond acceptors (Lipinski definition) is 7. The highest BCUT2D eigenvalue weighted by Gasteiger charge is 2.33. The first-order valence-corrected chi connectivity index (χ1v) is 8.54. The highest BCUT2D eigenvalue weighted by Crippen LogP contribution is 2.26. The van der Waals surface area contributed by atoms with Gasteiger partial charge in [0.25, 0.3) is 5.91 Å². The van der Waals surface area contributed by atoms with Crippen molar-refractivity contribution in [3.63, 3.8) is 0 Å². The molecule has 4 rings (SSSR count). The van der Waals surface area contributed by atoms with Crippen molar-refractivity contribution in [1.82, 2.24) is 20.0 Å². The van der Waals surface area contributed by atoms with Gasteiger partial charge in [-0.15, -0.1) is 0 Å². The average Bonchev–Trinajstić information content (AvgIpc) is 3.28. The van der Waals surface area contributed by atoms with Gasteiger partial charge in [-0.05, 0) is 19.3 Å². The van der Waals surface area contributed by atoms with E-state index in [0.29, 0.717) is 30.5 Å². The van der Waals surface area contributed by atoms with Crippen LogP contribution in [0, 0.1) is 0 Å². The van der Waals surface area contributed by atoms with Crippen LogP contribution >= 0.6 is 0 Å². The van der Waals surface area contributed by atoms with Crippen LogP contribution in [0.1, 0.15) is 41.1 Å². The molecule has 0 N–H and O–H groups in total. The fraction of sp³-hybridized carbons (Fsp3) is 0.529.